The van der Waals surface area contributed by atoms with Crippen molar-refractivity contribution in [1.29, 1.82) is 5.26 Å². The molecule has 1 aliphatic carbocycles. The lowest BCUT2D eigenvalue weighted by Gasteiger charge is -2.08. The number of hydrogen-bond acceptors (Lipinski definition) is 1. The maximum atomic E-state index is 8.81. The van der Waals surface area contributed by atoms with Crippen molar-refractivity contribution in [3.63, 3.8) is 0 Å². The van der Waals surface area contributed by atoms with E-state index < -0.39 is 0 Å². The Hall–Kier alpha value is -1.29. The first-order chi connectivity index (χ1) is 6.16. The number of rotatable bonds is 1. The van der Waals surface area contributed by atoms with Crippen molar-refractivity contribution in [2.45, 2.75) is 25.7 Å². The molecule has 1 fully saturated rings. The van der Waals surface area contributed by atoms with E-state index in [2.05, 4.69) is 44.2 Å². The summed E-state index contributed by atoms with van der Waals surface area (Å²) in [5.41, 5.74) is 2.73. The van der Waals surface area contributed by atoms with Crippen molar-refractivity contribution >= 4 is 0 Å². The van der Waals surface area contributed by atoms with Crippen molar-refractivity contribution in [2.75, 3.05) is 0 Å². The summed E-state index contributed by atoms with van der Waals surface area (Å²) < 4.78 is 0. The minimum Gasteiger partial charge on any atom is -0.198 e. The fraction of sp³-hybridized carbons (Fsp3) is 0.417. The minimum absolute atomic E-state index is 0.141. The summed E-state index contributed by atoms with van der Waals surface area (Å²) in [5, 5.41) is 8.81. The standard InChI is InChI=1S/C12H13N/c1-9-3-5-10(6-4-9)12(2)7-11(12)8-13/h3-6,11H,7H2,1-2H3. The second-order valence-electron chi connectivity index (χ2n) is 4.17. The van der Waals surface area contributed by atoms with E-state index in [0.717, 1.165) is 6.42 Å². The van der Waals surface area contributed by atoms with E-state index in [-0.39, 0.29) is 11.3 Å². The van der Waals surface area contributed by atoms with E-state index in [0.29, 0.717) is 0 Å². The first kappa shape index (κ1) is 8.31. The molecule has 2 rings (SSSR count). The molecule has 1 saturated carbocycles. The van der Waals surface area contributed by atoms with Crippen LogP contribution in [0.2, 0.25) is 0 Å². The molecule has 0 heterocycles. The zero-order valence-electron chi connectivity index (χ0n) is 8.04. The summed E-state index contributed by atoms with van der Waals surface area (Å²) in [6.07, 6.45) is 1.02. The molecule has 1 nitrogen and oxygen atoms in total. The lowest BCUT2D eigenvalue weighted by Crippen LogP contribution is -2.02. The van der Waals surface area contributed by atoms with Gasteiger partial charge in [0.25, 0.3) is 0 Å². The smallest absolute Gasteiger partial charge is 0.0665 e. The Bertz CT molecular complexity index is 358. The quantitative estimate of drug-likeness (QED) is 0.637. The highest BCUT2D eigenvalue weighted by Gasteiger charge is 2.51. The van der Waals surface area contributed by atoms with E-state index in [1.165, 1.54) is 11.1 Å². The molecule has 1 heteroatoms. The Morgan fingerprint density at radius 1 is 1.38 bits per heavy atom. The molecule has 0 spiro atoms. The average Bonchev–Trinajstić information content (AvgIpc) is 2.80. The second kappa shape index (κ2) is 2.60. The van der Waals surface area contributed by atoms with Crippen LogP contribution in [0, 0.1) is 24.2 Å². The van der Waals surface area contributed by atoms with Gasteiger partial charge in [-0.25, -0.2) is 0 Å². The lowest BCUT2D eigenvalue weighted by molar-refractivity contribution is 0.741. The van der Waals surface area contributed by atoms with Gasteiger partial charge in [0.2, 0.25) is 0 Å². The first-order valence-corrected chi connectivity index (χ1v) is 4.63. The average molecular weight is 171 g/mol. The van der Waals surface area contributed by atoms with Crippen LogP contribution >= 0.6 is 0 Å². The summed E-state index contributed by atoms with van der Waals surface area (Å²) in [6.45, 7) is 4.26. The van der Waals surface area contributed by atoms with Crippen LogP contribution in [-0.4, -0.2) is 0 Å². The van der Waals surface area contributed by atoms with Gasteiger partial charge in [-0.1, -0.05) is 36.8 Å². The molecule has 13 heavy (non-hydrogen) atoms. The van der Waals surface area contributed by atoms with E-state index in [1.54, 1.807) is 0 Å². The van der Waals surface area contributed by atoms with Gasteiger partial charge in [-0.2, -0.15) is 5.26 Å². The maximum absolute atomic E-state index is 8.81. The minimum atomic E-state index is 0.141. The van der Waals surface area contributed by atoms with Crippen LogP contribution in [0.3, 0.4) is 0 Å². The van der Waals surface area contributed by atoms with Gasteiger partial charge in [0.05, 0.1) is 12.0 Å². The SMILES string of the molecule is Cc1ccc(C2(C)CC2C#N)cc1. The van der Waals surface area contributed by atoms with E-state index in [1.807, 2.05) is 0 Å². The molecule has 0 amide bonds. The lowest BCUT2D eigenvalue weighted by atomic mass is 9.95. The zero-order valence-corrected chi connectivity index (χ0v) is 8.04. The Kier molecular flexibility index (Phi) is 1.66. The molecule has 2 unspecified atom stereocenters. The van der Waals surface area contributed by atoms with Crippen LogP contribution < -0.4 is 0 Å². The van der Waals surface area contributed by atoms with Gasteiger partial charge < -0.3 is 0 Å². The van der Waals surface area contributed by atoms with Gasteiger partial charge in [0.15, 0.2) is 0 Å². The molecular formula is C12H13N. The third-order valence-corrected chi connectivity index (χ3v) is 3.10. The van der Waals surface area contributed by atoms with Gasteiger partial charge >= 0.3 is 0 Å². The molecule has 2 atom stereocenters. The van der Waals surface area contributed by atoms with Crippen LogP contribution in [-0.2, 0) is 5.41 Å². The third kappa shape index (κ3) is 1.23. The molecule has 0 bridgehead atoms. The third-order valence-electron chi connectivity index (χ3n) is 3.10. The van der Waals surface area contributed by atoms with Gasteiger partial charge in [-0.05, 0) is 18.9 Å². The summed E-state index contributed by atoms with van der Waals surface area (Å²) in [4.78, 5) is 0. The van der Waals surface area contributed by atoms with Crippen LogP contribution in [0.15, 0.2) is 24.3 Å². The van der Waals surface area contributed by atoms with Crippen LogP contribution in [0.1, 0.15) is 24.5 Å². The van der Waals surface area contributed by atoms with Crippen molar-refractivity contribution < 1.29 is 0 Å². The van der Waals surface area contributed by atoms with E-state index in [4.69, 9.17) is 5.26 Å². The highest BCUT2D eigenvalue weighted by Crippen LogP contribution is 2.53. The Morgan fingerprint density at radius 3 is 2.46 bits per heavy atom. The molecule has 0 saturated heterocycles. The monoisotopic (exact) mass is 171 g/mol. The fourth-order valence-corrected chi connectivity index (χ4v) is 1.81. The molecule has 1 aromatic rings. The highest BCUT2D eigenvalue weighted by atomic mass is 14.5. The maximum Gasteiger partial charge on any atom is 0.0665 e. The molecule has 66 valence electrons. The normalized spacial score (nSPS) is 31.0. The molecule has 0 N–H and O–H groups in total. The van der Waals surface area contributed by atoms with Crippen molar-refractivity contribution in [2.24, 2.45) is 5.92 Å². The van der Waals surface area contributed by atoms with Crippen molar-refractivity contribution in [1.82, 2.24) is 0 Å². The first-order valence-electron chi connectivity index (χ1n) is 4.63. The molecular weight excluding hydrogens is 158 g/mol. The number of aryl methyl sites for hydroxylation is 1. The summed E-state index contributed by atoms with van der Waals surface area (Å²) in [5.74, 6) is 0.232. The topological polar surface area (TPSA) is 23.8 Å². The van der Waals surface area contributed by atoms with Gasteiger partial charge in [0.1, 0.15) is 0 Å². The Labute approximate surface area is 79.0 Å². The largest absolute Gasteiger partial charge is 0.198 e. The van der Waals surface area contributed by atoms with Gasteiger partial charge in [0, 0.05) is 5.41 Å². The highest BCUT2D eigenvalue weighted by molar-refractivity contribution is 5.37. The molecule has 1 aliphatic rings. The second-order valence-corrected chi connectivity index (χ2v) is 4.17. The van der Waals surface area contributed by atoms with Crippen LogP contribution in [0.25, 0.3) is 0 Å². The van der Waals surface area contributed by atoms with Gasteiger partial charge in [-0.15, -0.1) is 0 Å². The zero-order chi connectivity index (χ0) is 9.47. The summed E-state index contributed by atoms with van der Waals surface area (Å²) in [7, 11) is 0. The predicted molar refractivity (Wildman–Crippen MR) is 52.3 cm³/mol. The Balaban J connectivity index is 2.29. The molecule has 1 aromatic carbocycles. The van der Waals surface area contributed by atoms with Crippen LogP contribution in [0.4, 0.5) is 0 Å². The van der Waals surface area contributed by atoms with Crippen molar-refractivity contribution in [3.05, 3.63) is 35.4 Å². The number of hydrogen-bond donors (Lipinski definition) is 0. The number of benzene rings is 1. The summed E-state index contributed by atoms with van der Waals surface area (Å²) >= 11 is 0. The fourth-order valence-electron chi connectivity index (χ4n) is 1.81. The van der Waals surface area contributed by atoms with E-state index >= 15 is 0 Å². The molecule has 0 aliphatic heterocycles. The Morgan fingerprint density at radius 2 is 2.00 bits per heavy atom. The molecule has 0 aromatic heterocycles. The summed E-state index contributed by atoms with van der Waals surface area (Å²) in [6, 6.07) is 10.9. The van der Waals surface area contributed by atoms with Crippen LogP contribution in [0.5, 0.6) is 0 Å². The molecule has 0 radical (unpaired) electrons. The van der Waals surface area contributed by atoms with E-state index in [9.17, 15) is 0 Å². The number of nitriles is 1. The predicted octanol–water partition coefficient (Wildman–Crippen LogP) is 2.80. The van der Waals surface area contributed by atoms with Gasteiger partial charge in [-0.3, -0.25) is 0 Å². The number of nitrogens with zero attached hydrogens (tertiary/aromatic N) is 1. The van der Waals surface area contributed by atoms with Crippen molar-refractivity contribution in [3.8, 4) is 6.07 Å².